The van der Waals surface area contributed by atoms with Gasteiger partial charge in [0.15, 0.2) is 0 Å². The maximum Gasteiger partial charge on any atom is 0.227 e. The second-order valence-electron chi connectivity index (χ2n) is 3.57. The molecule has 2 aliphatic rings. The van der Waals surface area contributed by atoms with E-state index in [0.717, 1.165) is 19.6 Å². The molecule has 2 saturated heterocycles. The lowest BCUT2D eigenvalue weighted by Crippen LogP contribution is -2.42. The molecule has 1 N–H and O–H groups in total. The maximum absolute atomic E-state index is 11.5. The highest BCUT2D eigenvalue weighted by molar-refractivity contribution is 5.80. The SMILES string of the molecule is CN1CC[C@@H]2CNC[C@@H]2C1=O. The van der Waals surface area contributed by atoms with Crippen molar-refractivity contribution in [3.05, 3.63) is 0 Å². The summed E-state index contributed by atoms with van der Waals surface area (Å²) in [6.07, 6.45) is 1.18. The van der Waals surface area contributed by atoms with E-state index >= 15 is 0 Å². The first-order chi connectivity index (χ1) is 5.29. The molecule has 0 unspecified atom stereocenters. The van der Waals surface area contributed by atoms with E-state index in [0.29, 0.717) is 11.8 Å². The van der Waals surface area contributed by atoms with E-state index in [9.17, 15) is 4.79 Å². The Labute approximate surface area is 66.8 Å². The van der Waals surface area contributed by atoms with Gasteiger partial charge in [-0.15, -0.1) is 0 Å². The Kier molecular flexibility index (Phi) is 1.60. The molecule has 0 aliphatic carbocycles. The Morgan fingerprint density at radius 1 is 1.55 bits per heavy atom. The summed E-state index contributed by atoms with van der Waals surface area (Å²) in [4.78, 5) is 13.3. The zero-order chi connectivity index (χ0) is 7.84. The first-order valence-electron chi connectivity index (χ1n) is 4.25. The fourth-order valence-electron chi connectivity index (χ4n) is 2.08. The maximum atomic E-state index is 11.5. The minimum absolute atomic E-state index is 0.286. The van der Waals surface area contributed by atoms with Crippen LogP contribution < -0.4 is 5.32 Å². The molecule has 11 heavy (non-hydrogen) atoms. The molecule has 3 nitrogen and oxygen atoms in total. The van der Waals surface area contributed by atoms with Crippen LogP contribution in [-0.2, 0) is 4.79 Å². The molecule has 0 radical (unpaired) electrons. The number of carbonyl (C=O) groups is 1. The van der Waals surface area contributed by atoms with Gasteiger partial charge in [-0.2, -0.15) is 0 Å². The molecular formula is C8H14N2O. The Bertz CT molecular complexity index is 181. The van der Waals surface area contributed by atoms with Crippen LogP contribution in [-0.4, -0.2) is 37.5 Å². The van der Waals surface area contributed by atoms with Crippen molar-refractivity contribution < 1.29 is 4.79 Å². The van der Waals surface area contributed by atoms with Gasteiger partial charge < -0.3 is 10.2 Å². The molecule has 1 amide bonds. The van der Waals surface area contributed by atoms with Gasteiger partial charge in [0.25, 0.3) is 0 Å². The summed E-state index contributed by atoms with van der Waals surface area (Å²) in [6, 6.07) is 0. The average Bonchev–Trinajstić information content (AvgIpc) is 2.45. The second kappa shape index (κ2) is 2.48. The van der Waals surface area contributed by atoms with Crippen molar-refractivity contribution >= 4 is 5.91 Å². The molecule has 0 aromatic heterocycles. The summed E-state index contributed by atoms with van der Waals surface area (Å²) in [7, 11) is 1.90. The van der Waals surface area contributed by atoms with Crippen molar-refractivity contribution in [2.45, 2.75) is 6.42 Å². The summed E-state index contributed by atoms with van der Waals surface area (Å²) in [5.74, 6) is 1.25. The van der Waals surface area contributed by atoms with E-state index < -0.39 is 0 Å². The Morgan fingerprint density at radius 3 is 3.18 bits per heavy atom. The molecule has 0 aromatic rings. The first-order valence-corrected chi connectivity index (χ1v) is 4.25. The van der Waals surface area contributed by atoms with E-state index in [1.165, 1.54) is 6.42 Å². The number of fused-ring (bicyclic) bond motifs is 1. The minimum atomic E-state index is 0.286. The number of piperidine rings is 1. The highest BCUT2D eigenvalue weighted by Crippen LogP contribution is 2.26. The van der Waals surface area contributed by atoms with Crippen LogP contribution in [0, 0.1) is 11.8 Å². The topological polar surface area (TPSA) is 32.3 Å². The van der Waals surface area contributed by atoms with Crippen LogP contribution in [0.25, 0.3) is 0 Å². The number of amides is 1. The van der Waals surface area contributed by atoms with E-state index in [2.05, 4.69) is 5.32 Å². The van der Waals surface area contributed by atoms with Gasteiger partial charge in [-0.25, -0.2) is 0 Å². The normalized spacial score (nSPS) is 37.5. The predicted octanol–water partition coefficient (Wildman–Crippen LogP) is -0.316. The lowest BCUT2D eigenvalue weighted by atomic mass is 9.88. The van der Waals surface area contributed by atoms with Crippen LogP contribution in [0.15, 0.2) is 0 Å². The third-order valence-electron chi connectivity index (χ3n) is 2.87. The van der Waals surface area contributed by atoms with Gasteiger partial charge >= 0.3 is 0 Å². The Balaban J connectivity index is 2.12. The highest BCUT2D eigenvalue weighted by atomic mass is 16.2. The zero-order valence-corrected chi connectivity index (χ0v) is 6.84. The van der Waals surface area contributed by atoms with Crippen molar-refractivity contribution in [3.63, 3.8) is 0 Å². The third-order valence-corrected chi connectivity index (χ3v) is 2.87. The molecule has 2 heterocycles. The quantitative estimate of drug-likeness (QED) is 0.519. The number of hydrogen-bond donors (Lipinski definition) is 1. The van der Waals surface area contributed by atoms with Gasteiger partial charge in [-0.1, -0.05) is 0 Å². The van der Waals surface area contributed by atoms with Crippen LogP contribution in [0.5, 0.6) is 0 Å². The molecule has 2 rings (SSSR count). The minimum Gasteiger partial charge on any atom is -0.345 e. The van der Waals surface area contributed by atoms with Crippen molar-refractivity contribution in [2.24, 2.45) is 11.8 Å². The van der Waals surface area contributed by atoms with Gasteiger partial charge in [0.2, 0.25) is 5.91 Å². The molecule has 2 aliphatic heterocycles. The van der Waals surface area contributed by atoms with Gasteiger partial charge in [-0.05, 0) is 18.9 Å². The fraction of sp³-hybridized carbons (Fsp3) is 0.875. The van der Waals surface area contributed by atoms with Gasteiger partial charge in [0, 0.05) is 20.1 Å². The van der Waals surface area contributed by atoms with Crippen molar-refractivity contribution in [3.8, 4) is 0 Å². The summed E-state index contributed by atoms with van der Waals surface area (Å²) in [6.45, 7) is 2.89. The van der Waals surface area contributed by atoms with E-state index in [1.807, 2.05) is 11.9 Å². The first kappa shape index (κ1) is 7.10. The van der Waals surface area contributed by atoms with Gasteiger partial charge in [0.1, 0.15) is 0 Å². The number of carbonyl (C=O) groups excluding carboxylic acids is 1. The van der Waals surface area contributed by atoms with Crippen LogP contribution in [0.3, 0.4) is 0 Å². The largest absolute Gasteiger partial charge is 0.345 e. The van der Waals surface area contributed by atoms with Crippen molar-refractivity contribution in [2.75, 3.05) is 26.7 Å². The van der Waals surface area contributed by atoms with Crippen LogP contribution in [0.4, 0.5) is 0 Å². The third kappa shape index (κ3) is 1.03. The van der Waals surface area contributed by atoms with E-state index in [1.54, 1.807) is 0 Å². The van der Waals surface area contributed by atoms with Crippen molar-refractivity contribution in [1.29, 1.82) is 0 Å². The lowest BCUT2D eigenvalue weighted by molar-refractivity contribution is -0.137. The van der Waals surface area contributed by atoms with E-state index in [4.69, 9.17) is 0 Å². The molecule has 0 saturated carbocycles. The molecular weight excluding hydrogens is 140 g/mol. The average molecular weight is 154 g/mol. The van der Waals surface area contributed by atoms with Crippen LogP contribution >= 0.6 is 0 Å². The molecule has 62 valence electrons. The summed E-state index contributed by atoms with van der Waals surface area (Å²) in [5, 5.41) is 3.27. The molecule has 3 heteroatoms. The molecule has 2 fully saturated rings. The molecule has 2 atom stereocenters. The smallest absolute Gasteiger partial charge is 0.227 e. The predicted molar refractivity (Wildman–Crippen MR) is 42.1 cm³/mol. The monoisotopic (exact) mass is 154 g/mol. The second-order valence-corrected chi connectivity index (χ2v) is 3.57. The summed E-state index contributed by atoms with van der Waals surface area (Å²) in [5.41, 5.74) is 0. The Hall–Kier alpha value is -0.570. The van der Waals surface area contributed by atoms with Crippen molar-refractivity contribution in [1.82, 2.24) is 10.2 Å². The molecule has 0 spiro atoms. The standard InChI is InChI=1S/C8H14N2O/c1-10-3-2-6-4-9-5-7(6)8(10)11/h6-7,9H,2-5H2,1H3/t6-,7+/m1/s1. The summed E-state index contributed by atoms with van der Waals surface area (Å²) >= 11 is 0. The fourth-order valence-corrected chi connectivity index (χ4v) is 2.08. The van der Waals surface area contributed by atoms with Crippen LogP contribution in [0.2, 0.25) is 0 Å². The van der Waals surface area contributed by atoms with Gasteiger partial charge in [0.05, 0.1) is 5.92 Å². The number of nitrogens with one attached hydrogen (secondary N) is 1. The highest BCUT2D eigenvalue weighted by Gasteiger charge is 2.37. The number of rotatable bonds is 0. The number of nitrogens with zero attached hydrogens (tertiary/aromatic N) is 1. The molecule has 0 bridgehead atoms. The van der Waals surface area contributed by atoms with Crippen LogP contribution in [0.1, 0.15) is 6.42 Å². The lowest BCUT2D eigenvalue weighted by Gasteiger charge is -2.30. The Morgan fingerprint density at radius 2 is 2.36 bits per heavy atom. The van der Waals surface area contributed by atoms with Gasteiger partial charge in [-0.3, -0.25) is 4.79 Å². The van der Waals surface area contributed by atoms with E-state index in [-0.39, 0.29) is 5.92 Å². The summed E-state index contributed by atoms with van der Waals surface area (Å²) < 4.78 is 0. The number of hydrogen-bond acceptors (Lipinski definition) is 2. The number of likely N-dealkylation sites (tertiary alicyclic amines) is 1. The zero-order valence-electron chi connectivity index (χ0n) is 6.84. The molecule has 0 aromatic carbocycles.